The molecule has 1 rings (SSSR count). The summed E-state index contributed by atoms with van der Waals surface area (Å²) in [6.07, 6.45) is -5.88. The molecule has 17 heavy (non-hydrogen) atoms. The average Bonchev–Trinajstić information content (AvgIpc) is 2.11. The Morgan fingerprint density at radius 2 is 2.18 bits per heavy atom. The number of nitrogens with zero attached hydrogens (tertiary/aromatic N) is 2. The molecule has 1 heterocycles. The lowest BCUT2D eigenvalue weighted by atomic mass is 10.5. The molecule has 0 spiro atoms. The molecule has 1 aromatic heterocycles. The Hall–Kier alpha value is -1.57. The minimum Gasteiger partial charge on any atom is -0.440 e. The number of nitrogens with one attached hydrogen (secondary N) is 1. The highest BCUT2D eigenvalue weighted by Crippen LogP contribution is 2.15. The lowest BCUT2D eigenvalue weighted by Crippen LogP contribution is -2.24. The van der Waals surface area contributed by atoms with Crippen molar-refractivity contribution in [2.45, 2.75) is 13.1 Å². The molecule has 5 nitrogen and oxygen atoms in total. The molecule has 1 aromatic rings. The van der Waals surface area contributed by atoms with Crippen LogP contribution >= 0.6 is 11.6 Å². The summed E-state index contributed by atoms with van der Waals surface area (Å²) in [6, 6.07) is 1.42. The van der Waals surface area contributed by atoms with Gasteiger partial charge in [-0.2, -0.15) is 13.2 Å². The van der Waals surface area contributed by atoms with Crippen LogP contribution in [-0.4, -0.2) is 28.8 Å². The number of aromatic nitrogens is 2. The van der Waals surface area contributed by atoms with Gasteiger partial charge in [-0.05, 0) is 13.0 Å². The van der Waals surface area contributed by atoms with Gasteiger partial charge in [-0.1, -0.05) is 11.6 Å². The highest BCUT2D eigenvalue weighted by atomic mass is 35.5. The van der Waals surface area contributed by atoms with Gasteiger partial charge in [-0.25, -0.2) is 14.8 Å². The molecular formula is C8H7ClF3N3O2. The Kier molecular flexibility index (Phi) is 4.11. The first kappa shape index (κ1) is 13.5. The Morgan fingerprint density at radius 3 is 2.71 bits per heavy atom. The van der Waals surface area contributed by atoms with Crippen LogP contribution in [0.1, 0.15) is 5.69 Å². The molecule has 0 fully saturated rings. The van der Waals surface area contributed by atoms with Crippen LogP contribution in [0.4, 0.5) is 23.9 Å². The molecule has 0 unspecified atom stereocenters. The Morgan fingerprint density at radius 1 is 1.53 bits per heavy atom. The number of alkyl halides is 3. The summed E-state index contributed by atoms with van der Waals surface area (Å²) in [5, 5.41) is 1.99. The van der Waals surface area contributed by atoms with E-state index in [1.807, 2.05) is 5.32 Å². The predicted molar refractivity (Wildman–Crippen MR) is 52.8 cm³/mol. The summed E-state index contributed by atoms with van der Waals surface area (Å²) in [7, 11) is 0. The summed E-state index contributed by atoms with van der Waals surface area (Å²) in [5.74, 6) is -0.220. The second-order valence-electron chi connectivity index (χ2n) is 2.97. The van der Waals surface area contributed by atoms with Crippen molar-refractivity contribution in [2.24, 2.45) is 0 Å². The van der Waals surface area contributed by atoms with Gasteiger partial charge in [0.2, 0.25) is 5.95 Å². The summed E-state index contributed by atoms with van der Waals surface area (Å²) < 4.78 is 39.1. The monoisotopic (exact) mass is 269 g/mol. The molecule has 0 aliphatic carbocycles. The highest BCUT2D eigenvalue weighted by Gasteiger charge is 2.29. The fourth-order valence-electron chi connectivity index (χ4n) is 0.861. The summed E-state index contributed by atoms with van der Waals surface area (Å²) in [5.41, 5.74) is 0.455. The van der Waals surface area contributed by atoms with Crippen molar-refractivity contribution in [3.63, 3.8) is 0 Å². The van der Waals surface area contributed by atoms with Gasteiger partial charge in [0.15, 0.2) is 6.61 Å². The molecule has 0 saturated carbocycles. The molecule has 0 radical (unpaired) electrons. The van der Waals surface area contributed by atoms with Crippen LogP contribution in [0.3, 0.4) is 0 Å². The van der Waals surface area contributed by atoms with Crippen molar-refractivity contribution < 1.29 is 22.7 Å². The van der Waals surface area contributed by atoms with E-state index in [0.717, 1.165) is 0 Å². The van der Waals surface area contributed by atoms with Crippen LogP contribution in [0.15, 0.2) is 6.07 Å². The molecule has 0 bridgehead atoms. The molecule has 0 saturated heterocycles. The van der Waals surface area contributed by atoms with Gasteiger partial charge in [0.25, 0.3) is 0 Å². The minimum absolute atomic E-state index is 0.0589. The number of ether oxygens (including phenoxy) is 1. The van der Waals surface area contributed by atoms with E-state index in [9.17, 15) is 18.0 Å². The zero-order chi connectivity index (χ0) is 13.1. The number of rotatable bonds is 2. The van der Waals surface area contributed by atoms with Gasteiger partial charge in [-0.3, -0.25) is 5.32 Å². The molecule has 0 aliphatic rings. The van der Waals surface area contributed by atoms with Crippen molar-refractivity contribution in [1.29, 1.82) is 0 Å². The minimum atomic E-state index is -4.58. The Labute approximate surface area is 99.0 Å². The summed E-state index contributed by atoms with van der Waals surface area (Å²) in [4.78, 5) is 18.2. The van der Waals surface area contributed by atoms with Crippen LogP contribution in [0.2, 0.25) is 5.15 Å². The summed E-state index contributed by atoms with van der Waals surface area (Å²) in [6.45, 7) is -0.0990. The van der Waals surface area contributed by atoms with Crippen molar-refractivity contribution in [2.75, 3.05) is 11.9 Å². The van der Waals surface area contributed by atoms with E-state index in [2.05, 4.69) is 14.7 Å². The molecule has 0 atom stereocenters. The second-order valence-corrected chi connectivity index (χ2v) is 3.36. The zero-order valence-electron chi connectivity index (χ0n) is 8.51. The first-order valence-electron chi connectivity index (χ1n) is 4.28. The average molecular weight is 270 g/mol. The van der Waals surface area contributed by atoms with E-state index < -0.39 is 18.9 Å². The van der Waals surface area contributed by atoms with E-state index >= 15 is 0 Å². The van der Waals surface area contributed by atoms with E-state index in [1.165, 1.54) is 6.07 Å². The molecule has 1 amide bonds. The van der Waals surface area contributed by atoms with Crippen LogP contribution < -0.4 is 5.32 Å². The quantitative estimate of drug-likeness (QED) is 0.838. The fraction of sp³-hybridized carbons (Fsp3) is 0.375. The SMILES string of the molecule is Cc1cc(Cl)nc(NC(=O)OCC(F)(F)F)n1. The highest BCUT2D eigenvalue weighted by molar-refractivity contribution is 6.29. The van der Waals surface area contributed by atoms with E-state index in [4.69, 9.17) is 11.6 Å². The van der Waals surface area contributed by atoms with Crippen LogP contribution in [0.25, 0.3) is 0 Å². The standard InChI is InChI=1S/C8H7ClF3N3O2/c1-4-2-5(9)14-6(13-4)15-7(16)17-3-8(10,11)12/h2H,3H2,1H3,(H,13,14,15,16). The largest absolute Gasteiger partial charge is 0.440 e. The fourth-order valence-corrected chi connectivity index (χ4v) is 1.10. The normalized spacial score (nSPS) is 11.1. The smallest absolute Gasteiger partial charge is 0.422 e. The third-order valence-electron chi connectivity index (χ3n) is 1.40. The predicted octanol–water partition coefficient (Wildman–Crippen LogP) is 2.55. The van der Waals surface area contributed by atoms with E-state index in [0.29, 0.717) is 5.69 Å². The van der Waals surface area contributed by atoms with E-state index in [-0.39, 0.29) is 11.1 Å². The third-order valence-corrected chi connectivity index (χ3v) is 1.60. The maximum absolute atomic E-state index is 11.7. The van der Waals surface area contributed by atoms with Gasteiger partial charge in [0.05, 0.1) is 0 Å². The van der Waals surface area contributed by atoms with Crippen molar-refractivity contribution in [3.05, 3.63) is 16.9 Å². The first-order valence-corrected chi connectivity index (χ1v) is 4.66. The zero-order valence-corrected chi connectivity index (χ0v) is 9.26. The number of carbonyl (C=O) groups is 1. The molecule has 94 valence electrons. The number of amides is 1. The number of aryl methyl sites for hydroxylation is 1. The molecule has 1 N–H and O–H groups in total. The molecule has 9 heteroatoms. The number of anilines is 1. The van der Waals surface area contributed by atoms with Crippen LogP contribution in [0, 0.1) is 6.92 Å². The second kappa shape index (κ2) is 5.17. The van der Waals surface area contributed by atoms with Crippen LogP contribution in [-0.2, 0) is 4.74 Å². The topological polar surface area (TPSA) is 64.1 Å². The Balaban J connectivity index is 2.56. The Bertz CT molecular complexity index is 405. The van der Waals surface area contributed by atoms with E-state index in [1.54, 1.807) is 6.92 Å². The van der Waals surface area contributed by atoms with Gasteiger partial charge in [-0.15, -0.1) is 0 Å². The number of hydrogen-bond donors (Lipinski definition) is 1. The number of carbonyl (C=O) groups excluding carboxylic acids is 1. The lowest BCUT2D eigenvalue weighted by molar-refractivity contribution is -0.159. The summed E-state index contributed by atoms with van der Waals surface area (Å²) >= 11 is 5.56. The van der Waals surface area contributed by atoms with Gasteiger partial charge < -0.3 is 4.74 Å². The van der Waals surface area contributed by atoms with Crippen molar-refractivity contribution in [3.8, 4) is 0 Å². The maximum atomic E-state index is 11.7. The molecular weight excluding hydrogens is 263 g/mol. The number of hydrogen-bond acceptors (Lipinski definition) is 4. The lowest BCUT2D eigenvalue weighted by Gasteiger charge is -2.08. The third kappa shape index (κ3) is 5.34. The number of halogens is 4. The van der Waals surface area contributed by atoms with Crippen LogP contribution in [0.5, 0.6) is 0 Å². The van der Waals surface area contributed by atoms with Crippen molar-refractivity contribution in [1.82, 2.24) is 9.97 Å². The first-order chi connectivity index (χ1) is 7.76. The molecule has 0 aliphatic heterocycles. The van der Waals surface area contributed by atoms with Gasteiger partial charge in [0, 0.05) is 5.69 Å². The molecule has 0 aromatic carbocycles. The van der Waals surface area contributed by atoms with Gasteiger partial charge in [0.1, 0.15) is 5.15 Å². The van der Waals surface area contributed by atoms with Gasteiger partial charge >= 0.3 is 12.3 Å². The van der Waals surface area contributed by atoms with Crippen molar-refractivity contribution >= 4 is 23.6 Å². The maximum Gasteiger partial charge on any atom is 0.422 e.